The van der Waals surface area contributed by atoms with Crippen LogP contribution in [-0.2, 0) is 0 Å². The Labute approximate surface area is 153 Å². The van der Waals surface area contributed by atoms with Crippen molar-refractivity contribution in [2.45, 2.75) is 46.6 Å². The van der Waals surface area contributed by atoms with Crippen LogP contribution >= 0.6 is 0 Å². The molecule has 0 saturated carbocycles. The predicted octanol–water partition coefficient (Wildman–Crippen LogP) is 4.09. The second-order valence-electron chi connectivity index (χ2n) is 6.75. The van der Waals surface area contributed by atoms with Gasteiger partial charge in [0.15, 0.2) is 0 Å². The predicted molar refractivity (Wildman–Crippen MR) is 99.5 cm³/mol. The van der Waals surface area contributed by atoms with E-state index in [4.69, 9.17) is 4.42 Å². The molecule has 1 unspecified atom stereocenters. The third-order valence-electron chi connectivity index (χ3n) is 4.29. The molecule has 2 aromatic heterocycles. The highest BCUT2D eigenvalue weighted by atomic mass is 16.3. The zero-order valence-corrected chi connectivity index (χ0v) is 15.8. The highest BCUT2D eigenvalue weighted by Gasteiger charge is 2.20. The number of carbonyl (C=O) groups excluding carboxylic acids is 1. The Kier molecular flexibility index (Phi) is 4.93. The van der Waals surface area contributed by atoms with Crippen LogP contribution in [0.5, 0.6) is 0 Å². The topological polar surface area (TPSA) is 73.0 Å². The van der Waals surface area contributed by atoms with E-state index < -0.39 is 0 Å². The molecule has 0 aliphatic rings. The van der Waals surface area contributed by atoms with Gasteiger partial charge >= 0.3 is 0 Å². The van der Waals surface area contributed by atoms with Crippen molar-refractivity contribution in [1.29, 1.82) is 0 Å². The van der Waals surface area contributed by atoms with Gasteiger partial charge in [-0.15, -0.1) is 5.10 Å². The van der Waals surface area contributed by atoms with E-state index in [1.165, 1.54) is 0 Å². The average molecular weight is 352 g/mol. The molecule has 2 heterocycles. The summed E-state index contributed by atoms with van der Waals surface area (Å²) in [6, 6.07) is 11.5. The molecule has 0 fully saturated rings. The smallest absolute Gasteiger partial charge is 0.291 e. The zero-order chi connectivity index (χ0) is 18.8. The molecule has 3 aromatic rings. The Hall–Kier alpha value is -2.89. The largest absolute Gasteiger partial charge is 0.464 e. The minimum absolute atomic E-state index is 0.149. The van der Waals surface area contributed by atoms with E-state index in [1.54, 1.807) is 4.68 Å². The second-order valence-corrected chi connectivity index (χ2v) is 6.75. The molecule has 3 rings (SSSR count). The van der Waals surface area contributed by atoms with Crippen molar-refractivity contribution in [1.82, 2.24) is 20.1 Å². The molecular formula is C20H24N4O2. The molecule has 0 aliphatic heterocycles. The molecular weight excluding hydrogens is 328 g/mol. The van der Waals surface area contributed by atoms with Crippen LogP contribution in [0.1, 0.15) is 66.3 Å². The molecule has 1 atom stereocenters. The molecule has 0 saturated heterocycles. The molecule has 0 spiro atoms. The van der Waals surface area contributed by atoms with Crippen LogP contribution < -0.4 is 5.32 Å². The molecule has 1 N–H and O–H groups in total. The fourth-order valence-electron chi connectivity index (χ4n) is 2.90. The Morgan fingerprint density at radius 2 is 1.85 bits per heavy atom. The van der Waals surface area contributed by atoms with Gasteiger partial charge < -0.3 is 9.73 Å². The SMILES string of the molecule is Cc1ccc(C(C)NC(=O)c2nc(C)n(-c3ccccc3C(C)C)n2)o1. The van der Waals surface area contributed by atoms with E-state index in [0.29, 0.717) is 17.5 Å². The van der Waals surface area contributed by atoms with Crippen molar-refractivity contribution >= 4 is 5.91 Å². The summed E-state index contributed by atoms with van der Waals surface area (Å²) in [5, 5.41) is 7.32. The Bertz CT molecular complexity index is 924. The number of benzene rings is 1. The summed E-state index contributed by atoms with van der Waals surface area (Å²) in [4.78, 5) is 16.9. The van der Waals surface area contributed by atoms with Crippen molar-refractivity contribution in [2.75, 3.05) is 0 Å². The summed E-state index contributed by atoms with van der Waals surface area (Å²) in [7, 11) is 0. The highest BCUT2D eigenvalue weighted by molar-refractivity contribution is 5.90. The normalized spacial score (nSPS) is 12.4. The van der Waals surface area contributed by atoms with Gasteiger partial charge in [0, 0.05) is 0 Å². The molecule has 26 heavy (non-hydrogen) atoms. The van der Waals surface area contributed by atoms with Gasteiger partial charge in [-0.1, -0.05) is 32.0 Å². The number of hydrogen-bond donors (Lipinski definition) is 1. The Balaban J connectivity index is 1.85. The number of rotatable bonds is 5. The van der Waals surface area contributed by atoms with E-state index in [2.05, 4.69) is 35.3 Å². The van der Waals surface area contributed by atoms with E-state index in [-0.39, 0.29) is 17.8 Å². The summed E-state index contributed by atoms with van der Waals surface area (Å²) >= 11 is 0. The Morgan fingerprint density at radius 3 is 2.50 bits per heavy atom. The summed E-state index contributed by atoms with van der Waals surface area (Å²) in [5.74, 6) is 2.35. The number of aromatic nitrogens is 3. The van der Waals surface area contributed by atoms with E-state index in [0.717, 1.165) is 17.0 Å². The first-order valence-electron chi connectivity index (χ1n) is 8.77. The number of nitrogens with zero attached hydrogens (tertiary/aromatic N) is 3. The van der Waals surface area contributed by atoms with Crippen LogP contribution in [0, 0.1) is 13.8 Å². The Morgan fingerprint density at radius 1 is 1.12 bits per heavy atom. The highest BCUT2D eigenvalue weighted by Crippen LogP contribution is 2.23. The first-order valence-corrected chi connectivity index (χ1v) is 8.77. The van der Waals surface area contributed by atoms with E-state index in [1.807, 2.05) is 51.1 Å². The fourth-order valence-corrected chi connectivity index (χ4v) is 2.90. The summed E-state index contributed by atoms with van der Waals surface area (Å²) < 4.78 is 7.29. The van der Waals surface area contributed by atoms with Crippen molar-refractivity contribution in [3.63, 3.8) is 0 Å². The van der Waals surface area contributed by atoms with Crippen molar-refractivity contribution < 1.29 is 9.21 Å². The molecule has 6 heteroatoms. The van der Waals surface area contributed by atoms with Gasteiger partial charge in [-0.05, 0) is 50.5 Å². The molecule has 1 aromatic carbocycles. The van der Waals surface area contributed by atoms with Crippen molar-refractivity contribution in [3.8, 4) is 5.69 Å². The number of hydrogen-bond acceptors (Lipinski definition) is 4. The van der Waals surface area contributed by atoms with E-state index in [9.17, 15) is 4.79 Å². The maximum absolute atomic E-state index is 12.6. The van der Waals surface area contributed by atoms with Gasteiger partial charge in [-0.25, -0.2) is 9.67 Å². The molecule has 0 aliphatic carbocycles. The van der Waals surface area contributed by atoms with Crippen molar-refractivity contribution in [3.05, 3.63) is 65.1 Å². The lowest BCUT2D eigenvalue weighted by Crippen LogP contribution is -2.27. The van der Waals surface area contributed by atoms with Crippen LogP contribution in [0.15, 0.2) is 40.8 Å². The van der Waals surface area contributed by atoms with Gasteiger partial charge in [-0.3, -0.25) is 4.79 Å². The third-order valence-corrected chi connectivity index (χ3v) is 4.29. The maximum atomic E-state index is 12.6. The first-order chi connectivity index (χ1) is 12.4. The van der Waals surface area contributed by atoms with Gasteiger partial charge in [0.05, 0.1) is 11.7 Å². The molecule has 0 bridgehead atoms. The minimum Gasteiger partial charge on any atom is -0.464 e. The summed E-state index contributed by atoms with van der Waals surface area (Å²) in [5.41, 5.74) is 2.10. The maximum Gasteiger partial charge on any atom is 0.291 e. The lowest BCUT2D eigenvalue weighted by atomic mass is 10.0. The standard InChI is InChI=1S/C20H24N4O2/c1-12(2)16-8-6-7-9-17(16)24-15(5)22-19(23-24)20(25)21-14(4)18-11-10-13(3)26-18/h6-12,14H,1-5H3,(H,21,25). The summed E-state index contributed by atoms with van der Waals surface area (Å²) in [6.07, 6.45) is 0. The minimum atomic E-state index is -0.324. The van der Waals surface area contributed by atoms with Gasteiger partial charge in [0.25, 0.3) is 5.91 Å². The van der Waals surface area contributed by atoms with Crippen LogP contribution in [0.25, 0.3) is 5.69 Å². The first kappa shape index (κ1) is 17.9. The van der Waals surface area contributed by atoms with Crippen LogP contribution in [0.2, 0.25) is 0 Å². The number of aryl methyl sites for hydroxylation is 2. The average Bonchev–Trinajstić information content (AvgIpc) is 3.20. The van der Waals surface area contributed by atoms with Crippen LogP contribution in [0.3, 0.4) is 0 Å². The van der Waals surface area contributed by atoms with Gasteiger partial charge in [0.2, 0.25) is 5.82 Å². The number of carbonyl (C=O) groups is 1. The van der Waals surface area contributed by atoms with Crippen LogP contribution in [0.4, 0.5) is 0 Å². The zero-order valence-electron chi connectivity index (χ0n) is 15.8. The van der Waals surface area contributed by atoms with Crippen LogP contribution in [-0.4, -0.2) is 20.7 Å². The molecule has 0 radical (unpaired) electrons. The number of amides is 1. The molecule has 1 amide bonds. The summed E-state index contributed by atoms with van der Waals surface area (Å²) in [6.45, 7) is 9.85. The fraction of sp³-hybridized carbons (Fsp3) is 0.350. The van der Waals surface area contributed by atoms with E-state index >= 15 is 0 Å². The number of furan rings is 1. The quantitative estimate of drug-likeness (QED) is 0.750. The molecule has 6 nitrogen and oxygen atoms in total. The number of nitrogens with one attached hydrogen (secondary N) is 1. The lowest BCUT2D eigenvalue weighted by molar-refractivity contribution is 0.0924. The monoisotopic (exact) mass is 352 g/mol. The second kappa shape index (κ2) is 7.15. The van der Waals surface area contributed by atoms with Gasteiger partial charge in [0.1, 0.15) is 17.3 Å². The molecule has 136 valence electrons. The third kappa shape index (κ3) is 3.54. The van der Waals surface area contributed by atoms with Gasteiger partial charge in [-0.2, -0.15) is 0 Å². The van der Waals surface area contributed by atoms with Crippen molar-refractivity contribution in [2.24, 2.45) is 0 Å². The lowest BCUT2D eigenvalue weighted by Gasteiger charge is -2.13. The number of para-hydroxylation sites is 1.